The largest absolute Gasteiger partial charge is 0.477 e. The van der Waals surface area contributed by atoms with Crippen molar-refractivity contribution in [1.29, 1.82) is 0 Å². The SMILES string of the molecule is CCC(CC)n1nc(C(=O)NC(C)c2nc(C)c(C(=O)O)s2)cc1C. The molecule has 1 atom stereocenters. The Kier molecular flexibility index (Phi) is 5.94. The van der Waals surface area contributed by atoms with Gasteiger partial charge in [0.15, 0.2) is 0 Å². The van der Waals surface area contributed by atoms with E-state index in [4.69, 9.17) is 5.11 Å². The first-order valence-corrected chi connectivity index (χ1v) is 9.17. The Bertz CT molecular complexity index is 777. The number of carboxylic acid groups (broad SMARTS) is 1. The fourth-order valence-electron chi connectivity index (χ4n) is 2.74. The van der Waals surface area contributed by atoms with Crippen LogP contribution >= 0.6 is 11.3 Å². The second-order valence-corrected chi connectivity index (χ2v) is 7.08. The van der Waals surface area contributed by atoms with Gasteiger partial charge in [-0.05, 0) is 39.7 Å². The fourth-order valence-corrected chi connectivity index (χ4v) is 3.64. The highest BCUT2D eigenvalue weighted by molar-refractivity contribution is 7.13. The van der Waals surface area contributed by atoms with Gasteiger partial charge in [0.05, 0.1) is 17.8 Å². The van der Waals surface area contributed by atoms with Crippen molar-refractivity contribution in [2.45, 2.75) is 59.5 Å². The van der Waals surface area contributed by atoms with E-state index in [9.17, 15) is 9.59 Å². The third kappa shape index (κ3) is 4.07. The Morgan fingerprint density at radius 3 is 2.48 bits per heavy atom. The second-order valence-electron chi connectivity index (χ2n) is 6.05. The number of rotatable bonds is 7. The first-order valence-electron chi connectivity index (χ1n) is 8.36. The molecule has 25 heavy (non-hydrogen) atoms. The lowest BCUT2D eigenvalue weighted by Gasteiger charge is -2.15. The average Bonchev–Trinajstić information content (AvgIpc) is 3.12. The molecule has 136 valence electrons. The number of hydrogen-bond donors (Lipinski definition) is 2. The molecule has 2 aromatic heterocycles. The number of aryl methyl sites for hydroxylation is 2. The highest BCUT2D eigenvalue weighted by Crippen LogP contribution is 2.24. The topological polar surface area (TPSA) is 97.1 Å². The minimum absolute atomic E-state index is 0.199. The zero-order valence-corrected chi connectivity index (χ0v) is 16.0. The van der Waals surface area contributed by atoms with Crippen molar-refractivity contribution in [3.63, 3.8) is 0 Å². The van der Waals surface area contributed by atoms with Crippen LogP contribution in [0.3, 0.4) is 0 Å². The van der Waals surface area contributed by atoms with Crippen LogP contribution in [0, 0.1) is 13.8 Å². The van der Waals surface area contributed by atoms with Crippen LogP contribution in [0.15, 0.2) is 6.07 Å². The Labute approximate surface area is 151 Å². The molecule has 1 unspecified atom stereocenters. The van der Waals surface area contributed by atoms with E-state index in [0.29, 0.717) is 16.4 Å². The van der Waals surface area contributed by atoms with Gasteiger partial charge in [0.25, 0.3) is 5.91 Å². The number of carboxylic acids is 1. The van der Waals surface area contributed by atoms with Gasteiger partial charge in [0.2, 0.25) is 0 Å². The van der Waals surface area contributed by atoms with Crippen LogP contribution in [0.25, 0.3) is 0 Å². The van der Waals surface area contributed by atoms with Crippen LogP contribution in [-0.4, -0.2) is 31.7 Å². The van der Waals surface area contributed by atoms with Gasteiger partial charge in [-0.25, -0.2) is 9.78 Å². The van der Waals surface area contributed by atoms with Gasteiger partial charge in [-0.15, -0.1) is 11.3 Å². The quantitative estimate of drug-likeness (QED) is 0.783. The van der Waals surface area contributed by atoms with Gasteiger partial charge >= 0.3 is 5.97 Å². The third-order valence-corrected chi connectivity index (χ3v) is 5.50. The van der Waals surface area contributed by atoms with Crippen molar-refractivity contribution in [3.8, 4) is 0 Å². The van der Waals surface area contributed by atoms with Crippen molar-refractivity contribution in [3.05, 3.63) is 33.0 Å². The molecule has 2 aromatic rings. The summed E-state index contributed by atoms with van der Waals surface area (Å²) in [6.45, 7) is 9.57. The summed E-state index contributed by atoms with van der Waals surface area (Å²) in [5.74, 6) is -1.29. The van der Waals surface area contributed by atoms with Crippen molar-refractivity contribution in [2.75, 3.05) is 0 Å². The van der Waals surface area contributed by atoms with E-state index in [1.165, 1.54) is 0 Å². The van der Waals surface area contributed by atoms with E-state index in [0.717, 1.165) is 29.9 Å². The minimum atomic E-state index is -1.00. The summed E-state index contributed by atoms with van der Waals surface area (Å²) in [5, 5.41) is 17.0. The van der Waals surface area contributed by atoms with Crippen LogP contribution in [0.2, 0.25) is 0 Å². The zero-order chi connectivity index (χ0) is 18.7. The molecule has 0 saturated heterocycles. The maximum atomic E-state index is 12.5. The normalized spacial score (nSPS) is 12.4. The molecule has 2 rings (SSSR count). The molecule has 2 heterocycles. The van der Waals surface area contributed by atoms with Crippen molar-refractivity contribution >= 4 is 23.2 Å². The van der Waals surface area contributed by atoms with E-state index in [1.807, 2.05) is 11.6 Å². The maximum Gasteiger partial charge on any atom is 0.347 e. The summed E-state index contributed by atoms with van der Waals surface area (Å²) in [4.78, 5) is 28.1. The van der Waals surface area contributed by atoms with Gasteiger partial charge < -0.3 is 10.4 Å². The van der Waals surface area contributed by atoms with Gasteiger partial charge in [-0.3, -0.25) is 9.48 Å². The summed E-state index contributed by atoms with van der Waals surface area (Å²) in [6.07, 6.45) is 1.90. The molecule has 7 nitrogen and oxygen atoms in total. The summed E-state index contributed by atoms with van der Waals surface area (Å²) in [6, 6.07) is 1.66. The molecule has 0 bridgehead atoms. The molecule has 0 radical (unpaired) electrons. The standard InChI is InChI=1S/C17H24N4O3S/c1-6-12(7-2)21-9(3)8-13(20-21)15(22)18-11(5)16-19-10(4)14(25-16)17(23)24/h8,11-12H,6-7H2,1-5H3,(H,18,22)(H,23,24). The monoisotopic (exact) mass is 364 g/mol. The summed E-state index contributed by atoms with van der Waals surface area (Å²) in [7, 11) is 0. The predicted octanol–water partition coefficient (Wildman–Crippen LogP) is 3.51. The van der Waals surface area contributed by atoms with Crippen molar-refractivity contribution in [1.82, 2.24) is 20.1 Å². The van der Waals surface area contributed by atoms with Gasteiger partial charge in [0.1, 0.15) is 15.6 Å². The molecule has 0 spiro atoms. The van der Waals surface area contributed by atoms with E-state index >= 15 is 0 Å². The van der Waals surface area contributed by atoms with Crippen LogP contribution in [-0.2, 0) is 0 Å². The summed E-state index contributed by atoms with van der Waals surface area (Å²) >= 11 is 1.08. The Hall–Kier alpha value is -2.22. The molecule has 0 aliphatic heterocycles. The molecule has 0 saturated carbocycles. The van der Waals surface area contributed by atoms with Gasteiger partial charge in [-0.1, -0.05) is 13.8 Å². The molecule has 2 N–H and O–H groups in total. The number of nitrogens with zero attached hydrogens (tertiary/aromatic N) is 3. The maximum absolute atomic E-state index is 12.5. The number of nitrogens with one attached hydrogen (secondary N) is 1. The number of thiazole rings is 1. The van der Waals surface area contributed by atoms with Crippen molar-refractivity contribution < 1.29 is 14.7 Å². The molecular formula is C17H24N4O3S. The number of amides is 1. The first-order chi connectivity index (χ1) is 11.8. The lowest BCUT2D eigenvalue weighted by molar-refractivity contribution is 0.0701. The highest BCUT2D eigenvalue weighted by Gasteiger charge is 2.22. The Morgan fingerprint density at radius 2 is 1.96 bits per heavy atom. The molecule has 1 amide bonds. The van der Waals surface area contributed by atoms with E-state index < -0.39 is 5.97 Å². The molecule has 0 aliphatic carbocycles. The molecule has 0 fully saturated rings. The molecule has 0 aliphatic rings. The number of aromatic nitrogens is 3. The minimum Gasteiger partial charge on any atom is -0.477 e. The molecule has 0 aromatic carbocycles. The van der Waals surface area contributed by atoms with Gasteiger partial charge in [0, 0.05) is 5.69 Å². The van der Waals surface area contributed by atoms with Crippen LogP contribution in [0.1, 0.15) is 82.3 Å². The third-order valence-electron chi connectivity index (χ3n) is 4.17. The van der Waals surface area contributed by atoms with E-state index in [2.05, 4.69) is 29.2 Å². The average molecular weight is 364 g/mol. The summed E-state index contributed by atoms with van der Waals surface area (Å²) < 4.78 is 1.90. The van der Waals surface area contributed by atoms with Crippen LogP contribution < -0.4 is 5.32 Å². The highest BCUT2D eigenvalue weighted by atomic mass is 32.1. The lowest BCUT2D eigenvalue weighted by atomic mass is 10.2. The number of hydrogen-bond acceptors (Lipinski definition) is 5. The Balaban J connectivity index is 2.15. The Morgan fingerprint density at radius 1 is 1.32 bits per heavy atom. The smallest absolute Gasteiger partial charge is 0.347 e. The number of aromatic carboxylic acids is 1. The molecule has 8 heteroatoms. The number of carbonyl (C=O) groups excluding carboxylic acids is 1. The lowest BCUT2D eigenvalue weighted by Crippen LogP contribution is -2.27. The van der Waals surface area contributed by atoms with E-state index in [-0.39, 0.29) is 22.9 Å². The van der Waals surface area contributed by atoms with Crippen LogP contribution in [0.5, 0.6) is 0 Å². The van der Waals surface area contributed by atoms with Crippen molar-refractivity contribution in [2.24, 2.45) is 0 Å². The molecular weight excluding hydrogens is 340 g/mol. The first kappa shape index (κ1) is 19.1. The fraction of sp³-hybridized carbons (Fsp3) is 0.529. The predicted molar refractivity (Wildman–Crippen MR) is 96.3 cm³/mol. The van der Waals surface area contributed by atoms with E-state index in [1.54, 1.807) is 19.9 Å². The summed E-state index contributed by atoms with van der Waals surface area (Å²) in [5.41, 5.74) is 1.77. The zero-order valence-electron chi connectivity index (χ0n) is 15.2. The number of carbonyl (C=O) groups is 2. The van der Waals surface area contributed by atoms with Gasteiger partial charge in [-0.2, -0.15) is 5.10 Å². The second kappa shape index (κ2) is 7.77. The van der Waals surface area contributed by atoms with Crippen LogP contribution in [0.4, 0.5) is 0 Å².